The zero-order chi connectivity index (χ0) is 27.2. The number of carbonyl (C=O) groups is 2. The van der Waals surface area contributed by atoms with Crippen LogP contribution in [-0.4, -0.2) is 42.7 Å². The SMILES string of the molecule is COC(=O)CCc1ccccc1C[C@@H]1[C@H](c2nc(C(=O)NCCCCc3ccc(Cl)cc3)co2)[C@H]2CC[C@@H]1O2. The number of amides is 1. The molecule has 3 heterocycles. The second kappa shape index (κ2) is 12.8. The minimum atomic E-state index is -0.217. The Kier molecular flexibility index (Phi) is 8.99. The summed E-state index contributed by atoms with van der Waals surface area (Å²) in [5.41, 5.74) is 3.90. The van der Waals surface area contributed by atoms with Gasteiger partial charge in [0.1, 0.15) is 6.26 Å². The summed E-state index contributed by atoms with van der Waals surface area (Å²) in [6.07, 6.45) is 8.21. The van der Waals surface area contributed by atoms with E-state index in [1.54, 1.807) is 0 Å². The van der Waals surface area contributed by atoms with E-state index in [0.29, 0.717) is 31.0 Å². The highest BCUT2D eigenvalue weighted by molar-refractivity contribution is 6.30. The number of methoxy groups -OCH3 is 1. The van der Waals surface area contributed by atoms with Crippen LogP contribution in [-0.2, 0) is 33.5 Å². The van der Waals surface area contributed by atoms with E-state index in [2.05, 4.69) is 22.4 Å². The molecular formula is C31H35ClN2O5. The molecule has 206 valence electrons. The molecule has 2 aliphatic heterocycles. The largest absolute Gasteiger partial charge is 0.469 e. The minimum Gasteiger partial charge on any atom is -0.469 e. The van der Waals surface area contributed by atoms with Crippen LogP contribution in [0.1, 0.15) is 71.1 Å². The Morgan fingerprint density at radius 1 is 1.03 bits per heavy atom. The molecule has 3 aromatic rings. The Morgan fingerprint density at radius 3 is 2.59 bits per heavy atom. The summed E-state index contributed by atoms with van der Waals surface area (Å²) in [5, 5.41) is 3.70. The van der Waals surface area contributed by atoms with Crippen molar-refractivity contribution in [3.63, 3.8) is 0 Å². The number of ether oxygens (including phenoxy) is 2. The van der Waals surface area contributed by atoms with Crippen molar-refractivity contribution >= 4 is 23.5 Å². The Morgan fingerprint density at radius 2 is 1.79 bits per heavy atom. The highest BCUT2D eigenvalue weighted by Gasteiger charge is 2.51. The maximum absolute atomic E-state index is 12.8. The first-order valence-electron chi connectivity index (χ1n) is 13.8. The van der Waals surface area contributed by atoms with Crippen LogP contribution in [0.25, 0.3) is 0 Å². The van der Waals surface area contributed by atoms with Gasteiger partial charge in [-0.1, -0.05) is 48.0 Å². The number of benzene rings is 2. The highest BCUT2D eigenvalue weighted by Crippen LogP contribution is 2.50. The summed E-state index contributed by atoms with van der Waals surface area (Å²) in [6.45, 7) is 0.580. The summed E-state index contributed by atoms with van der Waals surface area (Å²) in [6, 6.07) is 16.1. The molecule has 39 heavy (non-hydrogen) atoms. The molecule has 0 unspecified atom stereocenters. The van der Waals surface area contributed by atoms with Crippen molar-refractivity contribution in [3.8, 4) is 0 Å². The van der Waals surface area contributed by atoms with Gasteiger partial charge in [-0.15, -0.1) is 0 Å². The van der Waals surface area contributed by atoms with Gasteiger partial charge in [-0.3, -0.25) is 9.59 Å². The number of aryl methyl sites for hydroxylation is 2. The fourth-order valence-electron chi connectivity index (χ4n) is 5.91. The number of fused-ring (bicyclic) bond motifs is 2. The van der Waals surface area contributed by atoms with Crippen molar-refractivity contribution < 1.29 is 23.5 Å². The molecule has 1 amide bonds. The minimum absolute atomic E-state index is 0.00154. The smallest absolute Gasteiger partial charge is 0.305 e. The van der Waals surface area contributed by atoms with Crippen LogP contribution >= 0.6 is 11.6 Å². The van der Waals surface area contributed by atoms with E-state index in [4.69, 9.17) is 25.5 Å². The maximum Gasteiger partial charge on any atom is 0.305 e. The van der Waals surface area contributed by atoms with Gasteiger partial charge in [-0.05, 0) is 73.8 Å². The normalized spacial score (nSPS) is 21.7. The quantitative estimate of drug-likeness (QED) is 0.230. The molecule has 0 aliphatic carbocycles. The van der Waals surface area contributed by atoms with Crippen LogP contribution in [0.5, 0.6) is 0 Å². The zero-order valence-electron chi connectivity index (χ0n) is 22.2. The molecule has 2 aliphatic rings. The van der Waals surface area contributed by atoms with Crippen LogP contribution in [0.4, 0.5) is 0 Å². The number of unbranched alkanes of at least 4 members (excludes halogenated alkanes) is 1. The standard InChI is InChI=1S/C31H35ClN2O5/c1-37-28(35)16-11-21-7-2-3-8-22(21)18-24-26-14-15-27(39-26)29(24)31-34-25(19-38-31)30(36)33-17-5-4-6-20-9-12-23(32)13-10-20/h2-3,7-10,12-13,19,24,26-27,29H,4-6,11,14-18H2,1H3,(H,33,36)/t24-,26-,27+,29-/m0/s1. The molecule has 2 aromatic carbocycles. The molecule has 2 fully saturated rings. The highest BCUT2D eigenvalue weighted by atomic mass is 35.5. The van der Waals surface area contributed by atoms with Crippen molar-refractivity contribution in [1.29, 1.82) is 0 Å². The van der Waals surface area contributed by atoms with Gasteiger partial charge in [-0.2, -0.15) is 0 Å². The first kappa shape index (κ1) is 27.4. The number of nitrogens with one attached hydrogen (secondary N) is 1. The maximum atomic E-state index is 12.8. The Hall–Kier alpha value is -3.16. The number of halogens is 1. The van der Waals surface area contributed by atoms with Crippen LogP contribution in [0.2, 0.25) is 5.02 Å². The molecule has 2 saturated heterocycles. The molecular weight excluding hydrogens is 516 g/mol. The fourth-order valence-corrected chi connectivity index (χ4v) is 6.04. The van der Waals surface area contributed by atoms with Crippen LogP contribution < -0.4 is 5.32 Å². The summed E-state index contributed by atoms with van der Waals surface area (Å²) < 4.78 is 17.0. The van der Waals surface area contributed by atoms with E-state index in [9.17, 15) is 9.59 Å². The van der Waals surface area contributed by atoms with Crippen molar-refractivity contribution in [2.75, 3.05) is 13.7 Å². The van der Waals surface area contributed by atoms with Crippen molar-refractivity contribution in [2.45, 2.75) is 69.5 Å². The fraction of sp³-hybridized carbons (Fsp3) is 0.452. The third-order valence-corrected chi connectivity index (χ3v) is 8.21. The van der Waals surface area contributed by atoms with Crippen LogP contribution in [0.3, 0.4) is 0 Å². The summed E-state index contributed by atoms with van der Waals surface area (Å²) in [4.78, 5) is 29.1. The Balaban J connectivity index is 1.17. The van der Waals surface area contributed by atoms with Crippen LogP contribution in [0.15, 0.2) is 59.2 Å². The first-order chi connectivity index (χ1) is 19.0. The third kappa shape index (κ3) is 6.71. The molecule has 7 nitrogen and oxygen atoms in total. The second-order valence-corrected chi connectivity index (χ2v) is 10.9. The van der Waals surface area contributed by atoms with Gasteiger partial charge in [0.25, 0.3) is 5.91 Å². The molecule has 1 aromatic heterocycles. The van der Waals surface area contributed by atoms with E-state index in [1.807, 2.05) is 36.4 Å². The number of hydrogen-bond acceptors (Lipinski definition) is 6. The van der Waals surface area contributed by atoms with Gasteiger partial charge in [-0.25, -0.2) is 4.98 Å². The summed E-state index contributed by atoms with van der Waals surface area (Å²) in [7, 11) is 1.42. The van der Waals surface area contributed by atoms with E-state index in [-0.39, 0.29) is 35.9 Å². The second-order valence-electron chi connectivity index (χ2n) is 10.4. The summed E-state index contributed by atoms with van der Waals surface area (Å²) in [5.74, 6) is 0.347. The molecule has 0 radical (unpaired) electrons. The number of aromatic nitrogens is 1. The lowest BCUT2D eigenvalue weighted by molar-refractivity contribution is -0.140. The predicted molar refractivity (Wildman–Crippen MR) is 148 cm³/mol. The van der Waals surface area contributed by atoms with Gasteiger partial charge in [0.2, 0.25) is 5.89 Å². The predicted octanol–water partition coefficient (Wildman–Crippen LogP) is 5.69. The average Bonchev–Trinajstić information content (AvgIpc) is 3.70. The van der Waals surface area contributed by atoms with Crippen molar-refractivity contribution in [1.82, 2.24) is 10.3 Å². The molecule has 8 heteroatoms. The zero-order valence-corrected chi connectivity index (χ0v) is 23.0. The van der Waals surface area contributed by atoms with Gasteiger partial charge in [0.15, 0.2) is 5.69 Å². The van der Waals surface area contributed by atoms with Gasteiger partial charge >= 0.3 is 5.97 Å². The topological polar surface area (TPSA) is 90.7 Å². The molecule has 0 spiro atoms. The lowest BCUT2D eigenvalue weighted by Crippen LogP contribution is -2.28. The average molecular weight is 551 g/mol. The van der Waals surface area contributed by atoms with Crippen molar-refractivity contribution in [2.24, 2.45) is 5.92 Å². The molecule has 4 atom stereocenters. The number of carbonyl (C=O) groups excluding carboxylic acids is 2. The molecule has 1 N–H and O–H groups in total. The number of esters is 1. The Bertz CT molecular complexity index is 1270. The van der Waals surface area contributed by atoms with E-state index >= 15 is 0 Å². The molecule has 2 bridgehead atoms. The number of nitrogens with zero attached hydrogens (tertiary/aromatic N) is 1. The van der Waals surface area contributed by atoms with E-state index in [1.165, 1.54) is 24.5 Å². The summed E-state index contributed by atoms with van der Waals surface area (Å²) >= 11 is 5.94. The third-order valence-electron chi connectivity index (χ3n) is 7.96. The van der Waals surface area contributed by atoms with E-state index < -0.39 is 0 Å². The Labute approximate surface area is 234 Å². The monoisotopic (exact) mass is 550 g/mol. The number of oxazole rings is 1. The van der Waals surface area contributed by atoms with Crippen LogP contribution in [0, 0.1) is 5.92 Å². The number of hydrogen-bond donors (Lipinski definition) is 1. The molecule has 5 rings (SSSR count). The van der Waals surface area contributed by atoms with Gasteiger partial charge in [0, 0.05) is 23.9 Å². The lowest BCUT2D eigenvalue weighted by Gasteiger charge is -2.26. The van der Waals surface area contributed by atoms with E-state index in [0.717, 1.165) is 49.1 Å². The van der Waals surface area contributed by atoms with Gasteiger partial charge < -0.3 is 19.2 Å². The number of rotatable bonds is 12. The van der Waals surface area contributed by atoms with Crippen molar-refractivity contribution in [3.05, 3.63) is 88.1 Å². The first-order valence-corrected chi connectivity index (χ1v) is 14.2. The lowest BCUT2D eigenvalue weighted by atomic mass is 9.75. The van der Waals surface area contributed by atoms with Gasteiger partial charge in [0.05, 0.1) is 25.2 Å². The molecule has 0 saturated carbocycles.